The third-order valence-electron chi connectivity index (χ3n) is 8.86. The number of hydrogen-bond donors (Lipinski definition) is 2. The van der Waals surface area contributed by atoms with E-state index in [2.05, 4.69) is 46.0 Å². The largest absolute Gasteiger partial charge is 0.478 e. The van der Waals surface area contributed by atoms with Crippen molar-refractivity contribution in [2.75, 3.05) is 0 Å². The standard InChI is InChI=1S/C25H37NO3/c1-23(2,3)26-21(27)20-9-8-18-17-7-6-16-14-15(22(28)29)10-12-24(16,4)19(17)11-13-25(18,20)5/h6,14,17-20H,7-13H2,1-5H3,(H,26,27)(H,28,29)/t17-,18-,19-,20+,24-,25-/m0/s1/i14+2. The van der Waals surface area contributed by atoms with Crippen molar-refractivity contribution in [3.05, 3.63) is 23.3 Å². The highest BCUT2D eigenvalue weighted by molar-refractivity contribution is 5.87. The lowest BCUT2D eigenvalue weighted by molar-refractivity contribution is -0.133. The SMILES string of the molecule is CC(C)(C)NC(=O)[C@H]1CC[C@H]2[C@@H]3CC=C4[14CH]=C(C(=O)O)CC[C@]4(C)[C@H]3CC[C@]12C. The van der Waals surface area contributed by atoms with Crippen molar-refractivity contribution in [1.82, 2.24) is 5.32 Å². The zero-order valence-electron chi connectivity index (χ0n) is 18.7. The molecule has 4 aliphatic carbocycles. The summed E-state index contributed by atoms with van der Waals surface area (Å²) in [4.78, 5) is 24.6. The zero-order valence-corrected chi connectivity index (χ0v) is 18.7. The van der Waals surface area contributed by atoms with E-state index in [0.717, 1.165) is 38.5 Å². The van der Waals surface area contributed by atoms with E-state index in [9.17, 15) is 14.7 Å². The summed E-state index contributed by atoms with van der Waals surface area (Å²) in [6.07, 6.45) is 11.4. The summed E-state index contributed by atoms with van der Waals surface area (Å²) in [5.41, 5.74) is 1.82. The Morgan fingerprint density at radius 1 is 1.14 bits per heavy atom. The van der Waals surface area contributed by atoms with Crippen LogP contribution in [0, 0.1) is 34.5 Å². The van der Waals surface area contributed by atoms with Crippen LogP contribution >= 0.6 is 0 Å². The van der Waals surface area contributed by atoms with Gasteiger partial charge in [0.15, 0.2) is 0 Å². The van der Waals surface area contributed by atoms with Gasteiger partial charge in [0, 0.05) is 17.0 Å². The van der Waals surface area contributed by atoms with E-state index in [-0.39, 0.29) is 28.2 Å². The molecule has 4 rings (SSSR count). The normalized spacial score (nSPS) is 41.4. The predicted octanol–water partition coefficient (Wildman–Crippen LogP) is 5.10. The van der Waals surface area contributed by atoms with Crippen molar-refractivity contribution in [1.29, 1.82) is 0 Å². The van der Waals surface area contributed by atoms with E-state index in [1.54, 1.807) is 0 Å². The second-order valence-electron chi connectivity index (χ2n) is 11.6. The summed E-state index contributed by atoms with van der Waals surface area (Å²) < 4.78 is 0. The molecule has 4 heteroatoms. The number of carboxylic acids is 1. The third-order valence-corrected chi connectivity index (χ3v) is 8.86. The molecule has 2 N–H and O–H groups in total. The van der Waals surface area contributed by atoms with E-state index in [1.807, 2.05) is 6.08 Å². The van der Waals surface area contributed by atoms with Gasteiger partial charge in [-0.05, 0) is 106 Å². The predicted molar refractivity (Wildman–Crippen MR) is 114 cm³/mol. The number of carboxylic acid groups (broad SMARTS) is 1. The van der Waals surface area contributed by atoms with Gasteiger partial charge in [-0.3, -0.25) is 4.79 Å². The molecule has 0 spiro atoms. The molecule has 2 fully saturated rings. The van der Waals surface area contributed by atoms with Crippen LogP contribution in [-0.4, -0.2) is 22.5 Å². The minimum absolute atomic E-state index is 0.0922. The molecule has 0 aromatic carbocycles. The minimum Gasteiger partial charge on any atom is -0.478 e. The summed E-state index contributed by atoms with van der Waals surface area (Å²) in [5.74, 6) is 1.42. The molecule has 0 aromatic heterocycles. The number of hydrogen-bond acceptors (Lipinski definition) is 2. The van der Waals surface area contributed by atoms with Crippen LogP contribution in [0.2, 0.25) is 0 Å². The average molecular weight is 402 g/mol. The number of rotatable bonds is 2. The van der Waals surface area contributed by atoms with Crippen molar-refractivity contribution in [3.8, 4) is 0 Å². The second kappa shape index (κ2) is 6.72. The molecule has 6 atom stereocenters. The van der Waals surface area contributed by atoms with Gasteiger partial charge < -0.3 is 10.4 Å². The van der Waals surface area contributed by atoms with Crippen LogP contribution in [0.3, 0.4) is 0 Å². The molecule has 0 saturated heterocycles. The van der Waals surface area contributed by atoms with E-state index in [1.165, 1.54) is 5.57 Å². The molecule has 2 saturated carbocycles. The van der Waals surface area contributed by atoms with Crippen molar-refractivity contribution in [2.45, 2.75) is 85.1 Å². The monoisotopic (exact) mass is 401 g/mol. The Morgan fingerprint density at radius 3 is 2.52 bits per heavy atom. The van der Waals surface area contributed by atoms with Crippen LogP contribution < -0.4 is 5.32 Å². The lowest BCUT2D eigenvalue weighted by atomic mass is 9.49. The minimum atomic E-state index is -0.769. The molecular formula is C25H37NO3. The first-order valence-electron chi connectivity index (χ1n) is 11.4. The van der Waals surface area contributed by atoms with Gasteiger partial charge in [-0.1, -0.05) is 19.9 Å². The highest BCUT2D eigenvalue weighted by Crippen LogP contribution is 2.66. The van der Waals surface area contributed by atoms with Crippen molar-refractivity contribution in [2.24, 2.45) is 34.5 Å². The number of nitrogens with one attached hydrogen (secondary N) is 1. The zero-order chi connectivity index (χ0) is 21.2. The van der Waals surface area contributed by atoms with Crippen molar-refractivity contribution < 1.29 is 14.7 Å². The third kappa shape index (κ3) is 3.27. The average Bonchev–Trinajstić information content (AvgIpc) is 2.96. The highest BCUT2D eigenvalue weighted by Gasteiger charge is 2.59. The molecule has 0 bridgehead atoms. The van der Waals surface area contributed by atoms with Crippen LogP contribution in [-0.2, 0) is 9.59 Å². The van der Waals surface area contributed by atoms with Gasteiger partial charge in [-0.15, -0.1) is 0 Å². The molecule has 4 aliphatic rings. The Kier molecular flexibility index (Phi) is 4.79. The van der Waals surface area contributed by atoms with Gasteiger partial charge in [0.1, 0.15) is 0 Å². The maximum atomic E-state index is 13.1. The van der Waals surface area contributed by atoms with Gasteiger partial charge in [0.25, 0.3) is 0 Å². The fourth-order valence-corrected chi connectivity index (χ4v) is 7.38. The Morgan fingerprint density at radius 2 is 1.86 bits per heavy atom. The molecule has 160 valence electrons. The Hall–Kier alpha value is -1.58. The number of carbonyl (C=O) groups is 2. The number of amides is 1. The molecule has 0 unspecified atom stereocenters. The fourth-order valence-electron chi connectivity index (χ4n) is 7.38. The van der Waals surface area contributed by atoms with Crippen LogP contribution in [0.5, 0.6) is 0 Å². The summed E-state index contributed by atoms with van der Waals surface area (Å²) in [5, 5.41) is 12.7. The molecule has 0 heterocycles. The molecule has 0 aliphatic heterocycles. The summed E-state index contributed by atoms with van der Waals surface area (Å²) in [6.45, 7) is 10.9. The van der Waals surface area contributed by atoms with Gasteiger partial charge in [0.05, 0.1) is 0 Å². The molecule has 29 heavy (non-hydrogen) atoms. The Balaban J connectivity index is 1.60. The first-order chi connectivity index (χ1) is 13.5. The van der Waals surface area contributed by atoms with Gasteiger partial charge in [-0.2, -0.15) is 0 Å². The van der Waals surface area contributed by atoms with Crippen molar-refractivity contribution >= 4 is 11.9 Å². The molecule has 0 aromatic rings. The first kappa shape index (κ1) is 20.7. The number of carbonyl (C=O) groups excluding carboxylic acids is 1. The van der Waals surface area contributed by atoms with E-state index in [4.69, 9.17) is 0 Å². The quantitative estimate of drug-likeness (QED) is 0.676. The number of fused-ring (bicyclic) bond motifs is 5. The first-order valence-corrected chi connectivity index (χ1v) is 11.4. The van der Waals surface area contributed by atoms with E-state index in [0.29, 0.717) is 29.7 Å². The number of aliphatic carboxylic acids is 1. The Bertz CT molecular complexity index is 788. The maximum Gasteiger partial charge on any atom is 0.331 e. The topological polar surface area (TPSA) is 66.4 Å². The maximum absolute atomic E-state index is 13.1. The number of allylic oxidation sites excluding steroid dienone is 3. The smallest absolute Gasteiger partial charge is 0.331 e. The van der Waals surface area contributed by atoms with Crippen LogP contribution in [0.1, 0.15) is 79.6 Å². The van der Waals surface area contributed by atoms with Crippen LogP contribution in [0.4, 0.5) is 0 Å². The van der Waals surface area contributed by atoms with Gasteiger partial charge >= 0.3 is 5.97 Å². The molecule has 4 nitrogen and oxygen atoms in total. The fraction of sp³-hybridized carbons (Fsp3) is 0.760. The van der Waals surface area contributed by atoms with Gasteiger partial charge in [0.2, 0.25) is 5.91 Å². The van der Waals surface area contributed by atoms with Crippen LogP contribution in [0.15, 0.2) is 23.3 Å². The summed E-state index contributed by atoms with van der Waals surface area (Å²) in [7, 11) is 0. The molecule has 1 amide bonds. The lowest BCUT2D eigenvalue weighted by Crippen LogP contribution is -2.52. The Labute approximate surface area is 175 Å². The van der Waals surface area contributed by atoms with E-state index >= 15 is 0 Å². The summed E-state index contributed by atoms with van der Waals surface area (Å²) >= 11 is 0. The molecular weight excluding hydrogens is 364 g/mol. The van der Waals surface area contributed by atoms with E-state index < -0.39 is 5.97 Å². The lowest BCUT2D eigenvalue weighted by Gasteiger charge is -2.57. The van der Waals surface area contributed by atoms with Crippen LogP contribution in [0.25, 0.3) is 0 Å². The highest BCUT2D eigenvalue weighted by atomic mass is 16.4. The van der Waals surface area contributed by atoms with Gasteiger partial charge in [-0.25, -0.2) is 4.79 Å². The molecule has 0 radical (unpaired) electrons. The second-order valence-corrected chi connectivity index (χ2v) is 11.6. The van der Waals surface area contributed by atoms with Crippen molar-refractivity contribution in [3.63, 3.8) is 0 Å². The summed E-state index contributed by atoms with van der Waals surface area (Å²) in [6, 6.07) is 0.